The molecule has 18 aliphatic rings. The maximum absolute atomic E-state index is 14.7. The van der Waals surface area contributed by atoms with E-state index in [0.29, 0.717) is 110 Å². The van der Waals surface area contributed by atoms with E-state index in [1.807, 2.05) is 19.1 Å². The fourth-order valence-electron chi connectivity index (χ4n) is 23.0. The van der Waals surface area contributed by atoms with E-state index < -0.39 is 138 Å². The predicted molar refractivity (Wildman–Crippen MR) is 509 cm³/mol. The molecule has 0 saturated carbocycles. The molecule has 0 aromatic heterocycles. The first-order chi connectivity index (χ1) is 70.6. The Hall–Kier alpha value is -15.9. The normalized spacial score (nSPS) is 24.7. The highest BCUT2D eigenvalue weighted by atomic mass is 19.3. The molecule has 24 rings (SSSR count). The Morgan fingerprint density at radius 3 is 0.966 bits per heavy atom. The third kappa shape index (κ3) is 17.4. The number of hydrogen-bond acceptors (Lipinski definition) is 25. The minimum atomic E-state index is -3.54. The van der Waals surface area contributed by atoms with Gasteiger partial charge in [0.15, 0.2) is 36.3 Å². The molecule has 788 valence electrons. The first-order valence-corrected chi connectivity index (χ1v) is 48.1. The molecule has 6 fully saturated rings. The highest BCUT2D eigenvalue weighted by molar-refractivity contribution is 6.08. The Kier molecular flexibility index (Phi) is 26.0. The summed E-state index contributed by atoms with van der Waals surface area (Å²) in [6.07, 6.45) is -3.18. The third-order valence-electron chi connectivity index (χ3n) is 30.1. The van der Waals surface area contributed by atoms with Crippen molar-refractivity contribution in [3.8, 4) is 11.5 Å². The second-order valence-corrected chi connectivity index (χ2v) is 38.9. The number of halogens is 8. The number of nitrogens with zero attached hydrogens (tertiary/aromatic N) is 12. The summed E-state index contributed by atoms with van der Waals surface area (Å²) in [5, 5.41) is 13.2. The van der Waals surface area contributed by atoms with Crippen LogP contribution in [-0.4, -0.2) is 263 Å². The summed E-state index contributed by atoms with van der Waals surface area (Å²) >= 11 is 0. The summed E-state index contributed by atoms with van der Waals surface area (Å²) in [4.78, 5) is 216. The summed E-state index contributed by atoms with van der Waals surface area (Å²) in [5.41, 5.74) is 8.99. The SMILES string of the molecule is CC(=O)NC[C@@H]1OC(=O)N2c3cc(F)c4c(c3C[C@@H]12)C(F)(F)CC(=O)N4C.CC(=O)NC[C@@H]1OC(=O)N2c3cc(F)c4c(c3C[C@@H]12)CCC(=O)N4C.CC(=O)NC[C@@H]1OC(=O)N2c3cc(F)c4c(c3C[C@@H]12)OCC(=O)N4C.CC(=O)NC[C@@H]1OC(=O)N2c3ccc4c(c3C[C@@H]12)C(F)(F)CC(=O)N4C.CC(=O)NC[C@@H]1OC(=O)N2c3ccc4c(c3C[C@@H]12)CCC(=O)N4C.CC[C@@H]1OC(=O)N2c3cc(F)c4c(c3C[C@@H]12)OCC(=O)N4C. The number of benzene rings is 6. The standard InChI is InChI=1S/C17H16F3N3O4.C17H17F2N3O4.C17H18FN3O4.C17H19N3O4.C16H16FN3O5.C15H15FN2O4/c1-7(24)21-6-12-11-3-8-10(23(11)16(26)27-12)4-9(18)15-14(8)17(19,20)5-13(25)22(15)2;1-8(23)20-7-13-12-5-9-10(22(12)16(25)26-13)3-4-11-15(9)17(18,19)6-14(24)21(11)2;1-8(22)19-7-14-13-5-10-9-3-4-15(23)20(2)16(9)11(18)6-12(10)21(13)17(24)25-14;1-9(21)18-8-15-14-7-11-10-3-6-16(22)19(2)12(10)4-5-13(11)20(14)17(23)24-15;1-7(21)18-5-12-11-3-8-10(20(11)16(23)25-12)4-9(17)14-15(8)24-6-13(22)19(14)2;1-3-11-10-4-7-9(18(10)15(20)22-11)5-8(16)13-14(7)21-6-12(19)17(13)2/h4,11-12H,3,5-6H2,1-2H3,(H,21,24);3-4,12-13H,5-7H2,1-2H3,(H,20,23);6,13-14H,3-5,7H2,1-2H3,(H,19,22);4-5,14-15H,3,6-8H2,1-2H3,(H,18,21);4,11-12H,3,5-6H2,1-2H3,(H,18,21);5,10-11H,3-4,6H2,1-2H3/t11-,12-;12-,13-;13-,14-;14-,15-;11-,12-;10-,11-/m000000/s1. The van der Waals surface area contributed by atoms with Gasteiger partial charge in [-0.2, -0.15) is 0 Å². The second-order valence-electron chi connectivity index (χ2n) is 38.9. The van der Waals surface area contributed by atoms with Gasteiger partial charge in [0.1, 0.15) is 59.6 Å². The zero-order chi connectivity index (χ0) is 107. The lowest BCUT2D eigenvalue weighted by Crippen LogP contribution is -2.40. The van der Waals surface area contributed by atoms with Crippen LogP contribution in [0.15, 0.2) is 48.5 Å². The highest BCUT2D eigenvalue weighted by Crippen LogP contribution is 2.58. The average molecular weight is 2080 g/mol. The lowest BCUT2D eigenvalue weighted by Gasteiger charge is -2.33. The molecule has 6 saturated heterocycles. The number of likely N-dealkylation sites (N-methyl/N-ethyl adjacent to an activating group) is 2. The van der Waals surface area contributed by atoms with Crippen molar-refractivity contribution in [1.29, 1.82) is 0 Å². The highest BCUT2D eigenvalue weighted by Gasteiger charge is 2.60. The van der Waals surface area contributed by atoms with Gasteiger partial charge < -0.3 is 93.9 Å². The Morgan fingerprint density at radius 2 is 0.570 bits per heavy atom. The van der Waals surface area contributed by atoms with Gasteiger partial charge in [-0.25, -0.2) is 63.9 Å². The molecule has 50 heteroatoms. The van der Waals surface area contributed by atoms with E-state index in [1.165, 1.54) is 126 Å². The van der Waals surface area contributed by atoms with Crippen molar-refractivity contribution >= 4 is 170 Å². The summed E-state index contributed by atoms with van der Waals surface area (Å²) in [6.45, 7) is 9.39. The molecule has 18 aliphatic heterocycles. The lowest BCUT2D eigenvalue weighted by molar-refractivity contribution is -0.128. The molecular weight excluding hydrogens is 1980 g/mol. The average Bonchev–Trinajstić information content (AvgIpc) is 1.64. The summed E-state index contributed by atoms with van der Waals surface area (Å²) < 4.78 is 160. The van der Waals surface area contributed by atoms with E-state index in [1.54, 1.807) is 30.0 Å². The van der Waals surface area contributed by atoms with Gasteiger partial charge in [-0.3, -0.25) is 82.1 Å². The maximum atomic E-state index is 14.7. The quantitative estimate of drug-likeness (QED) is 0.0612. The van der Waals surface area contributed by atoms with E-state index in [2.05, 4.69) is 26.6 Å². The second kappa shape index (κ2) is 38.1. The van der Waals surface area contributed by atoms with Crippen molar-refractivity contribution in [2.45, 2.75) is 210 Å². The Bertz CT molecular complexity index is 6740. The van der Waals surface area contributed by atoms with E-state index in [-0.39, 0.29) is 187 Å². The molecule has 42 nitrogen and oxygen atoms in total. The predicted octanol–water partition coefficient (Wildman–Crippen LogP) is 7.71. The van der Waals surface area contributed by atoms with Crippen molar-refractivity contribution in [2.24, 2.45) is 0 Å². The van der Waals surface area contributed by atoms with E-state index in [0.717, 1.165) is 55.1 Å². The molecule has 0 bridgehead atoms. The van der Waals surface area contributed by atoms with Gasteiger partial charge in [-0.05, 0) is 103 Å². The van der Waals surface area contributed by atoms with Gasteiger partial charge in [0.2, 0.25) is 53.2 Å². The molecule has 0 unspecified atom stereocenters. The molecule has 0 spiro atoms. The molecule has 6 aromatic rings. The molecule has 0 radical (unpaired) electrons. The molecule has 12 atom stereocenters. The number of ether oxygens (including phenoxy) is 8. The van der Waals surface area contributed by atoms with Crippen LogP contribution in [0.25, 0.3) is 0 Å². The molecule has 6 aromatic carbocycles. The van der Waals surface area contributed by atoms with Crippen LogP contribution >= 0.6 is 0 Å². The zero-order valence-corrected chi connectivity index (χ0v) is 82.3. The van der Waals surface area contributed by atoms with Gasteiger partial charge >= 0.3 is 36.6 Å². The number of anilines is 12. The number of alkyl halides is 4. The van der Waals surface area contributed by atoms with Crippen LogP contribution in [0.1, 0.15) is 129 Å². The number of hydrogen-bond donors (Lipinski definition) is 5. The van der Waals surface area contributed by atoms with E-state index in [9.17, 15) is 117 Å². The monoisotopic (exact) mass is 2080 g/mol. The molecular formula is C99H101F8N17O25. The number of amides is 17. The van der Waals surface area contributed by atoms with Crippen LogP contribution in [0.4, 0.5) is 132 Å². The number of nitrogens with one attached hydrogen (secondary N) is 5. The smallest absolute Gasteiger partial charge is 0.415 e. The Morgan fingerprint density at radius 1 is 0.302 bits per heavy atom. The Balaban J connectivity index is 0.000000112. The van der Waals surface area contributed by atoms with Gasteiger partial charge in [0.25, 0.3) is 23.7 Å². The topological polar surface area (TPSA) is 463 Å². The first-order valence-electron chi connectivity index (χ1n) is 48.1. The number of cyclic esters (lactones) is 6. The molecule has 5 N–H and O–H groups in total. The van der Waals surface area contributed by atoms with Gasteiger partial charge in [-0.15, -0.1) is 0 Å². The van der Waals surface area contributed by atoms with Crippen molar-refractivity contribution < 1.29 is 155 Å². The lowest BCUT2D eigenvalue weighted by atomic mass is 9.89. The molecule has 17 amide bonds. The fraction of sp³-hybridized carbons (Fsp3) is 0.465. The van der Waals surface area contributed by atoms with Gasteiger partial charge in [0.05, 0.1) is 144 Å². The van der Waals surface area contributed by atoms with Crippen LogP contribution < -0.4 is 94.9 Å². The number of rotatable bonds is 11. The maximum Gasteiger partial charge on any atom is 0.415 e. The van der Waals surface area contributed by atoms with Crippen LogP contribution in [0.3, 0.4) is 0 Å². The van der Waals surface area contributed by atoms with Crippen molar-refractivity contribution in [1.82, 2.24) is 26.6 Å². The fourth-order valence-corrected chi connectivity index (χ4v) is 23.0. The van der Waals surface area contributed by atoms with Crippen molar-refractivity contribution in [3.05, 3.63) is 127 Å². The first kappa shape index (κ1) is 102. The van der Waals surface area contributed by atoms with Crippen molar-refractivity contribution in [2.75, 3.05) is 147 Å². The van der Waals surface area contributed by atoms with Crippen molar-refractivity contribution in [3.63, 3.8) is 0 Å². The minimum absolute atomic E-state index is 0.0194. The number of carbonyl (C=O) groups is 17. The van der Waals surface area contributed by atoms with E-state index in [4.69, 9.17) is 37.9 Å². The van der Waals surface area contributed by atoms with Crippen LogP contribution in [0, 0.1) is 23.3 Å². The summed E-state index contributed by atoms with van der Waals surface area (Å²) in [5.74, 6) is -12.2. The Labute approximate surface area is 842 Å². The molecule has 18 heterocycles. The number of carbonyl (C=O) groups excluding carboxylic acids is 17. The van der Waals surface area contributed by atoms with Crippen LogP contribution in [0.2, 0.25) is 0 Å². The minimum Gasteiger partial charge on any atom is -0.481 e. The van der Waals surface area contributed by atoms with E-state index >= 15 is 0 Å². The summed E-state index contributed by atoms with van der Waals surface area (Å²) in [6, 6.07) is 9.67. The van der Waals surface area contributed by atoms with Gasteiger partial charge in [-0.1, -0.05) is 6.92 Å². The van der Waals surface area contributed by atoms with Crippen LogP contribution in [0.5, 0.6) is 11.5 Å². The summed E-state index contributed by atoms with van der Waals surface area (Å²) in [7, 11) is 9.08. The zero-order valence-electron chi connectivity index (χ0n) is 82.3. The molecule has 0 aliphatic carbocycles. The van der Waals surface area contributed by atoms with Gasteiger partial charge in [0, 0.05) is 144 Å². The largest absolute Gasteiger partial charge is 0.481 e. The third-order valence-corrected chi connectivity index (χ3v) is 30.1. The number of fused-ring (bicyclic) bond motifs is 30. The molecule has 149 heavy (non-hydrogen) atoms. The van der Waals surface area contributed by atoms with Crippen LogP contribution in [-0.2, 0) is 144 Å².